The Balaban J connectivity index is 2.45. The second-order valence-electron chi connectivity index (χ2n) is 3.81. The van der Waals surface area contributed by atoms with E-state index in [0.29, 0.717) is 0 Å². The van der Waals surface area contributed by atoms with Crippen LogP contribution in [0.2, 0.25) is 0 Å². The normalized spacial score (nSPS) is 13.0. The predicted octanol–water partition coefficient (Wildman–Crippen LogP) is 0.166. The van der Waals surface area contributed by atoms with Crippen LogP contribution in [0.1, 0.15) is 23.0 Å². The van der Waals surface area contributed by atoms with Gasteiger partial charge >= 0.3 is 0 Å². The molecule has 1 atom stereocenters. The molecule has 0 saturated heterocycles. The van der Waals surface area contributed by atoms with E-state index in [1.807, 2.05) is 32.0 Å². The van der Waals surface area contributed by atoms with E-state index >= 15 is 0 Å². The van der Waals surface area contributed by atoms with Gasteiger partial charge in [0, 0.05) is 25.4 Å². The zero-order chi connectivity index (χ0) is 11.7. The van der Waals surface area contributed by atoms with Crippen LogP contribution in [-0.4, -0.2) is 31.8 Å². The van der Waals surface area contributed by atoms with E-state index in [9.17, 15) is 0 Å². The molecule has 2 aromatic heterocycles. The molecule has 1 unspecified atom stereocenters. The van der Waals surface area contributed by atoms with Crippen LogP contribution in [0.25, 0.3) is 0 Å². The largest absolute Gasteiger partial charge is 0.308 e. The quantitative estimate of drug-likeness (QED) is 0.800. The molecule has 2 aromatic rings. The highest BCUT2D eigenvalue weighted by Crippen LogP contribution is 2.22. The van der Waals surface area contributed by atoms with Crippen LogP contribution in [0.3, 0.4) is 0 Å². The molecule has 0 fully saturated rings. The average molecular weight is 220 g/mol. The van der Waals surface area contributed by atoms with Gasteiger partial charge in [0.05, 0.1) is 24.1 Å². The molecule has 6 heteroatoms. The summed E-state index contributed by atoms with van der Waals surface area (Å²) in [6, 6.07) is 0.0775. The van der Waals surface area contributed by atoms with E-state index < -0.39 is 0 Å². The van der Waals surface area contributed by atoms with E-state index in [-0.39, 0.29) is 6.04 Å². The Hall–Kier alpha value is -1.69. The van der Waals surface area contributed by atoms with Crippen LogP contribution in [0.4, 0.5) is 0 Å². The van der Waals surface area contributed by atoms with Gasteiger partial charge in [-0.15, -0.1) is 5.10 Å². The number of aromatic nitrogens is 5. The van der Waals surface area contributed by atoms with Crippen LogP contribution in [-0.2, 0) is 14.1 Å². The van der Waals surface area contributed by atoms with Crippen LogP contribution >= 0.6 is 0 Å². The van der Waals surface area contributed by atoms with Crippen molar-refractivity contribution in [3.63, 3.8) is 0 Å². The van der Waals surface area contributed by atoms with Crippen LogP contribution < -0.4 is 5.32 Å². The molecule has 16 heavy (non-hydrogen) atoms. The zero-order valence-corrected chi connectivity index (χ0v) is 9.97. The minimum absolute atomic E-state index is 0.0775. The van der Waals surface area contributed by atoms with Gasteiger partial charge in [-0.25, -0.2) is 0 Å². The molecular weight excluding hydrogens is 204 g/mol. The maximum Gasteiger partial charge on any atom is 0.0799 e. The first kappa shape index (κ1) is 10.8. The Bertz CT molecular complexity index is 483. The van der Waals surface area contributed by atoms with Crippen molar-refractivity contribution in [3.8, 4) is 0 Å². The molecule has 0 aromatic carbocycles. The molecule has 0 radical (unpaired) electrons. The zero-order valence-electron chi connectivity index (χ0n) is 9.97. The van der Waals surface area contributed by atoms with Crippen molar-refractivity contribution in [2.24, 2.45) is 14.1 Å². The maximum absolute atomic E-state index is 4.25. The molecule has 6 nitrogen and oxygen atoms in total. The van der Waals surface area contributed by atoms with Crippen LogP contribution in [0.15, 0.2) is 12.4 Å². The summed E-state index contributed by atoms with van der Waals surface area (Å²) >= 11 is 0. The van der Waals surface area contributed by atoms with Crippen molar-refractivity contribution in [2.75, 3.05) is 7.05 Å². The van der Waals surface area contributed by atoms with E-state index in [2.05, 4.69) is 27.7 Å². The minimum Gasteiger partial charge on any atom is -0.308 e. The lowest BCUT2D eigenvalue weighted by molar-refractivity contribution is 0.594. The van der Waals surface area contributed by atoms with Gasteiger partial charge in [0.2, 0.25) is 0 Å². The fraction of sp³-hybridized carbons (Fsp3) is 0.500. The number of hydrogen-bond donors (Lipinski definition) is 1. The molecule has 0 amide bonds. The Labute approximate surface area is 94.3 Å². The first-order chi connectivity index (χ1) is 7.65. The minimum atomic E-state index is 0.0775. The molecule has 2 heterocycles. The third-order valence-electron chi connectivity index (χ3n) is 2.92. The smallest absolute Gasteiger partial charge is 0.0799 e. The summed E-state index contributed by atoms with van der Waals surface area (Å²) in [5, 5.41) is 15.4. The van der Waals surface area contributed by atoms with Crippen molar-refractivity contribution in [2.45, 2.75) is 13.0 Å². The average Bonchev–Trinajstić information content (AvgIpc) is 2.81. The molecule has 0 aliphatic rings. The number of hydrogen-bond acceptors (Lipinski definition) is 4. The molecule has 86 valence electrons. The fourth-order valence-electron chi connectivity index (χ4n) is 1.82. The van der Waals surface area contributed by atoms with E-state index in [1.54, 1.807) is 10.9 Å². The second-order valence-corrected chi connectivity index (χ2v) is 3.81. The summed E-state index contributed by atoms with van der Waals surface area (Å²) in [6.45, 7) is 2.05. The Morgan fingerprint density at radius 2 is 2.00 bits per heavy atom. The third kappa shape index (κ3) is 1.61. The highest BCUT2D eigenvalue weighted by molar-refractivity contribution is 5.27. The molecule has 0 bridgehead atoms. The molecule has 0 saturated carbocycles. The number of aryl methyl sites for hydroxylation is 2. The lowest BCUT2D eigenvalue weighted by Gasteiger charge is -2.15. The van der Waals surface area contributed by atoms with Gasteiger partial charge in [-0.1, -0.05) is 5.21 Å². The van der Waals surface area contributed by atoms with Crippen molar-refractivity contribution in [1.29, 1.82) is 0 Å². The highest BCUT2D eigenvalue weighted by atomic mass is 15.4. The van der Waals surface area contributed by atoms with E-state index in [4.69, 9.17) is 0 Å². The second kappa shape index (κ2) is 4.05. The Morgan fingerprint density at radius 3 is 2.44 bits per heavy atom. The first-order valence-corrected chi connectivity index (χ1v) is 5.15. The van der Waals surface area contributed by atoms with Crippen LogP contribution in [0, 0.1) is 6.92 Å². The van der Waals surface area contributed by atoms with Gasteiger partial charge in [0.1, 0.15) is 0 Å². The van der Waals surface area contributed by atoms with Crippen molar-refractivity contribution in [1.82, 2.24) is 30.1 Å². The highest BCUT2D eigenvalue weighted by Gasteiger charge is 2.20. The monoisotopic (exact) mass is 220 g/mol. The molecular formula is C10H16N6. The lowest BCUT2D eigenvalue weighted by Crippen LogP contribution is -2.21. The number of rotatable bonds is 3. The molecule has 2 rings (SSSR count). The summed E-state index contributed by atoms with van der Waals surface area (Å²) in [6.07, 6.45) is 3.65. The lowest BCUT2D eigenvalue weighted by atomic mass is 10.1. The first-order valence-electron chi connectivity index (χ1n) is 5.15. The number of nitrogens with zero attached hydrogens (tertiary/aromatic N) is 5. The Kier molecular flexibility index (Phi) is 2.74. The predicted molar refractivity (Wildman–Crippen MR) is 59.9 cm³/mol. The van der Waals surface area contributed by atoms with Crippen molar-refractivity contribution < 1.29 is 0 Å². The molecule has 1 N–H and O–H groups in total. The summed E-state index contributed by atoms with van der Waals surface area (Å²) in [4.78, 5) is 0. The number of nitrogens with one attached hydrogen (secondary N) is 1. The topological polar surface area (TPSA) is 60.6 Å². The summed E-state index contributed by atoms with van der Waals surface area (Å²) in [5.41, 5.74) is 3.31. The fourth-order valence-corrected chi connectivity index (χ4v) is 1.82. The summed E-state index contributed by atoms with van der Waals surface area (Å²) in [5.74, 6) is 0. The molecule has 0 aliphatic heterocycles. The molecule has 0 aliphatic carbocycles. The summed E-state index contributed by atoms with van der Waals surface area (Å²) in [7, 11) is 5.75. The van der Waals surface area contributed by atoms with Crippen molar-refractivity contribution >= 4 is 0 Å². The van der Waals surface area contributed by atoms with Gasteiger partial charge in [-0.3, -0.25) is 9.36 Å². The SMILES string of the molecule is CNC(c1cnn(C)c1C)c1cnnn1C. The summed E-state index contributed by atoms with van der Waals surface area (Å²) < 4.78 is 3.64. The standard InChI is InChI=1S/C10H16N6/c1-7-8(5-13-15(7)3)10(11-2)9-6-12-14-16(9)4/h5-6,10-11H,1-4H3. The van der Waals surface area contributed by atoms with Gasteiger partial charge < -0.3 is 5.32 Å². The van der Waals surface area contributed by atoms with E-state index in [1.165, 1.54) is 0 Å². The molecule has 0 spiro atoms. The van der Waals surface area contributed by atoms with Gasteiger partial charge in [0.25, 0.3) is 0 Å². The van der Waals surface area contributed by atoms with Gasteiger partial charge in [-0.05, 0) is 14.0 Å². The van der Waals surface area contributed by atoms with Crippen LogP contribution in [0.5, 0.6) is 0 Å². The maximum atomic E-state index is 4.25. The van der Waals surface area contributed by atoms with Gasteiger partial charge in [0.15, 0.2) is 0 Å². The van der Waals surface area contributed by atoms with E-state index in [0.717, 1.165) is 17.0 Å². The van der Waals surface area contributed by atoms with Crippen molar-refractivity contribution in [3.05, 3.63) is 29.3 Å². The third-order valence-corrected chi connectivity index (χ3v) is 2.92. The Morgan fingerprint density at radius 1 is 1.25 bits per heavy atom. The van der Waals surface area contributed by atoms with Gasteiger partial charge in [-0.2, -0.15) is 5.10 Å².